The fourth-order valence-electron chi connectivity index (χ4n) is 4.37. The Kier molecular flexibility index (Phi) is 7.00. The number of hydrogen-bond acceptors (Lipinski definition) is 6. The van der Waals surface area contributed by atoms with Crippen molar-refractivity contribution in [2.75, 3.05) is 38.3 Å². The molecule has 4 aromatic rings. The number of nitrogens with zero attached hydrogens (tertiary/aromatic N) is 2. The highest BCUT2D eigenvalue weighted by atomic mass is 16.5. The van der Waals surface area contributed by atoms with Gasteiger partial charge in [-0.1, -0.05) is 18.2 Å². The molecule has 1 aliphatic rings. The molecule has 1 aliphatic heterocycles. The molecule has 0 radical (unpaired) electrons. The summed E-state index contributed by atoms with van der Waals surface area (Å²) in [6.07, 6.45) is 1.70. The first-order chi connectivity index (χ1) is 17.6. The number of fused-ring (bicyclic) bond motifs is 1. The zero-order chi connectivity index (χ0) is 24.9. The highest BCUT2D eigenvalue weighted by Crippen LogP contribution is 2.33. The molecule has 36 heavy (non-hydrogen) atoms. The molecular weight excluding hydrogens is 454 g/mol. The Labute approximate surface area is 210 Å². The number of methoxy groups -OCH3 is 1. The van der Waals surface area contributed by atoms with E-state index >= 15 is 0 Å². The number of morpholine rings is 1. The number of benzene rings is 3. The maximum Gasteiger partial charge on any atom is 0.251 e. The molecular formula is C29H29N3O4. The highest BCUT2D eigenvalue weighted by Gasteiger charge is 2.15. The number of ether oxygens (including phenoxy) is 3. The lowest BCUT2D eigenvalue weighted by Gasteiger charge is -2.29. The minimum Gasteiger partial charge on any atom is -0.497 e. The number of pyridine rings is 1. The molecule has 7 nitrogen and oxygen atoms in total. The van der Waals surface area contributed by atoms with E-state index in [2.05, 4.69) is 27.3 Å². The third kappa shape index (κ3) is 5.11. The number of rotatable bonds is 7. The van der Waals surface area contributed by atoms with Crippen molar-refractivity contribution in [3.8, 4) is 17.2 Å². The number of carbonyl (C=O) groups excluding carboxylic acids is 1. The van der Waals surface area contributed by atoms with Gasteiger partial charge in [0.25, 0.3) is 5.91 Å². The minimum absolute atomic E-state index is 0.140. The lowest BCUT2D eigenvalue weighted by molar-refractivity contribution is 0.0950. The van der Waals surface area contributed by atoms with E-state index in [1.807, 2.05) is 61.5 Å². The van der Waals surface area contributed by atoms with Crippen LogP contribution in [0.25, 0.3) is 10.9 Å². The van der Waals surface area contributed by atoms with Crippen LogP contribution in [0.15, 0.2) is 72.9 Å². The van der Waals surface area contributed by atoms with Crippen molar-refractivity contribution >= 4 is 22.5 Å². The molecule has 0 bridgehead atoms. The molecule has 1 N–H and O–H groups in total. The van der Waals surface area contributed by atoms with Gasteiger partial charge in [-0.3, -0.25) is 9.78 Å². The van der Waals surface area contributed by atoms with Gasteiger partial charge >= 0.3 is 0 Å². The van der Waals surface area contributed by atoms with Crippen LogP contribution in [0.5, 0.6) is 17.2 Å². The number of amides is 1. The van der Waals surface area contributed by atoms with Gasteiger partial charge in [0, 0.05) is 54.1 Å². The van der Waals surface area contributed by atoms with Crippen LogP contribution in [0.4, 0.5) is 5.69 Å². The largest absolute Gasteiger partial charge is 0.497 e. The predicted octanol–water partition coefficient (Wildman–Crippen LogP) is 5.11. The summed E-state index contributed by atoms with van der Waals surface area (Å²) in [5.74, 6) is 1.89. The quantitative estimate of drug-likeness (QED) is 0.394. The standard InChI is InChI=1S/C29H29N3O4/c1-20-24(29(33)31-19-21-5-3-6-22(17-21)32-13-15-35-16-14-32)7-4-8-27(20)36-28-11-12-30-26-18-23(34-2)9-10-25(26)28/h3-12,17-18H,13-16,19H2,1-2H3,(H,31,33). The van der Waals surface area contributed by atoms with Crippen LogP contribution < -0.4 is 19.7 Å². The second kappa shape index (κ2) is 10.7. The topological polar surface area (TPSA) is 72.9 Å². The van der Waals surface area contributed by atoms with Crippen molar-refractivity contribution in [3.63, 3.8) is 0 Å². The molecule has 1 amide bonds. The Balaban J connectivity index is 1.30. The lowest BCUT2D eigenvalue weighted by Crippen LogP contribution is -2.36. The molecule has 0 unspecified atom stereocenters. The minimum atomic E-state index is -0.140. The van der Waals surface area contributed by atoms with Gasteiger partial charge in [-0.15, -0.1) is 0 Å². The van der Waals surface area contributed by atoms with E-state index < -0.39 is 0 Å². The van der Waals surface area contributed by atoms with Crippen LogP contribution in [-0.4, -0.2) is 44.3 Å². The maximum atomic E-state index is 13.1. The van der Waals surface area contributed by atoms with Gasteiger partial charge in [0.2, 0.25) is 0 Å². The van der Waals surface area contributed by atoms with Gasteiger partial charge in [0.15, 0.2) is 0 Å². The van der Waals surface area contributed by atoms with Crippen molar-refractivity contribution < 1.29 is 19.0 Å². The third-order valence-electron chi connectivity index (χ3n) is 6.40. The third-order valence-corrected chi connectivity index (χ3v) is 6.40. The van der Waals surface area contributed by atoms with Crippen molar-refractivity contribution in [3.05, 3.63) is 89.6 Å². The molecule has 0 aliphatic carbocycles. The molecule has 1 saturated heterocycles. The van der Waals surface area contributed by atoms with E-state index in [9.17, 15) is 4.79 Å². The molecule has 1 fully saturated rings. The Hall–Kier alpha value is -4.10. The first-order valence-corrected chi connectivity index (χ1v) is 12.0. The molecule has 184 valence electrons. The SMILES string of the molecule is COc1ccc2c(Oc3cccc(C(=O)NCc4cccc(N5CCOCC5)c4)c3C)ccnc2c1. The van der Waals surface area contributed by atoms with Crippen molar-refractivity contribution in [1.29, 1.82) is 0 Å². The van der Waals surface area contributed by atoms with Crippen molar-refractivity contribution in [2.24, 2.45) is 0 Å². The van der Waals surface area contributed by atoms with Crippen LogP contribution in [-0.2, 0) is 11.3 Å². The van der Waals surface area contributed by atoms with Gasteiger partial charge < -0.3 is 24.4 Å². The highest BCUT2D eigenvalue weighted by molar-refractivity contribution is 5.96. The van der Waals surface area contributed by atoms with Crippen LogP contribution in [0, 0.1) is 6.92 Å². The molecule has 5 rings (SSSR count). The van der Waals surface area contributed by atoms with Crippen molar-refractivity contribution in [1.82, 2.24) is 10.3 Å². The molecule has 0 saturated carbocycles. The number of nitrogens with one attached hydrogen (secondary N) is 1. The molecule has 3 aromatic carbocycles. The van der Waals surface area contributed by atoms with Crippen molar-refractivity contribution in [2.45, 2.75) is 13.5 Å². The Morgan fingerprint density at radius 1 is 1.03 bits per heavy atom. The second-order valence-corrected chi connectivity index (χ2v) is 8.67. The number of anilines is 1. The Morgan fingerprint density at radius 2 is 1.86 bits per heavy atom. The zero-order valence-electron chi connectivity index (χ0n) is 20.5. The van der Waals surface area contributed by atoms with E-state index in [-0.39, 0.29) is 5.91 Å². The van der Waals surface area contributed by atoms with E-state index in [4.69, 9.17) is 14.2 Å². The summed E-state index contributed by atoms with van der Waals surface area (Å²) in [4.78, 5) is 19.8. The zero-order valence-corrected chi connectivity index (χ0v) is 20.5. The van der Waals surface area contributed by atoms with Gasteiger partial charge in [-0.2, -0.15) is 0 Å². The summed E-state index contributed by atoms with van der Waals surface area (Å²) in [5.41, 5.74) is 4.33. The van der Waals surface area contributed by atoms with Crippen LogP contribution >= 0.6 is 0 Å². The van der Waals surface area contributed by atoms with E-state index in [1.54, 1.807) is 13.3 Å². The molecule has 2 heterocycles. The summed E-state index contributed by atoms with van der Waals surface area (Å²) >= 11 is 0. The number of aromatic nitrogens is 1. The van der Waals surface area contributed by atoms with E-state index in [0.29, 0.717) is 23.6 Å². The smallest absolute Gasteiger partial charge is 0.251 e. The molecule has 0 spiro atoms. The average molecular weight is 484 g/mol. The summed E-state index contributed by atoms with van der Waals surface area (Å²) < 4.78 is 17.0. The first-order valence-electron chi connectivity index (χ1n) is 12.0. The molecule has 1 aromatic heterocycles. The summed E-state index contributed by atoms with van der Waals surface area (Å²) in [5, 5.41) is 3.93. The normalized spacial score (nSPS) is 13.4. The first kappa shape index (κ1) is 23.6. The predicted molar refractivity (Wildman–Crippen MR) is 140 cm³/mol. The van der Waals surface area contributed by atoms with E-state index in [0.717, 1.165) is 59.8 Å². The summed E-state index contributed by atoms with van der Waals surface area (Å²) in [7, 11) is 1.63. The van der Waals surface area contributed by atoms with E-state index in [1.165, 1.54) is 0 Å². The monoisotopic (exact) mass is 483 g/mol. The Bertz CT molecular complexity index is 1380. The van der Waals surface area contributed by atoms with Crippen LogP contribution in [0.3, 0.4) is 0 Å². The van der Waals surface area contributed by atoms with Crippen LogP contribution in [0.2, 0.25) is 0 Å². The van der Waals surface area contributed by atoms with Crippen LogP contribution in [0.1, 0.15) is 21.5 Å². The fourth-order valence-corrected chi connectivity index (χ4v) is 4.37. The van der Waals surface area contributed by atoms with Gasteiger partial charge in [0.05, 0.1) is 25.8 Å². The van der Waals surface area contributed by atoms with Gasteiger partial charge in [0.1, 0.15) is 17.2 Å². The Morgan fingerprint density at radius 3 is 2.69 bits per heavy atom. The lowest BCUT2D eigenvalue weighted by atomic mass is 10.1. The number of carbonyl (C=O) groups is 1. The number of hydrogen-bond donors (Lipinski definition) is 1. The molecule has 7 heteroatoms. The molecule has 0 atom stereocenters. The summed E-state index contributed by atoms with van der Waals surface area (Å²) in [6, 6.07) is 21.3. The van der Waals surface area contributed by atoms with Gasteiger partial charge in [-0.25, -0.2) is 0 Å². The maximum absolute atomic E-state index is 13.1. The second-order valence-electron chi connectivity index (χ2n) is 8.67. The average Bonchev–Trinajstić information content (AvgIpc) is 2.93. The fraction of sp³-hybridized carbons (Fsp3) is 0.241. The summed E-state index contributed by atoms with van der Waals surface area (Å²) in [6.45, 7) is 5.57. The van der Waals surface area contributed by atoms with Gasteiger partial charge in [-0.05, 0) is 55.0 Å².